The molecule has 0 spiro atoms. The summed E-state index contributed by atoms with van der Waals surface area (Å²) >= 11 is 0. The van der Waals surface area contributed by atoms with Crippen LogP contribution in [0.5, 0.6) is 0 Å². The summed E-state index contributed by atoms with van der Waals surface area (Å²) in [5.74, 6) is 0. The van der Waals surface area contributed by atoms with E-state index in [0.29, 0.717) is 5.46 Å². The zero-order valence-corrected chi connectivity index (χ0v) is 8.20. The third-order valence-electron chi connectivity index (χ3n) is 1.04. The summed E-state index contributed by atoms with van der Waals surface area (Å²) in [5, 5.41) is 17.1. The zero-order chi connectivity index (χ0) is 6.69. The monoisotopic (exact) mass is 210 g/mol. The van der Waals surface area contributed by atoms with Gasteiger partial charge in [-0.3, -0.25) is 0 Å². The Morgan fingerprint density at radius 2 is 1.70 bits per heavy atom. The Hall–Kier alpha value is 0.309. The largest absolute Gasteiger partial charge is 3.00 e. The van der Waals surface area contributed by atoms with Crippen molar-refractivity contribution in [3.63, 3.8) is 0 Å². The smallest absolute Gasteiger partial charge is 0.425 e. The SMILES string of the molecule is OB(O)c1cc[c-]cc1.[Y+3]. The molecule has 0 amide bonds. The minimum atomic E-state index is -1.36. The van der Waals surface area contributed by atoms with E-state index in [4.69, 9.17) is 10.0 Å². The first-order chi connectivity index (χ1) is 4.30. The van der Waals surface area contributed by atoms with Crippen molar-refractivity contribution in [1.82, 2.24) is 0 Å². The molecule has 0 aliphatic heterocycles. The van der Waals surface area contributed by atoms with Gasteiger partial charge in [-0.15, -0.1) is 5.46 Å². The maximum Gasteiger partial charge on any atom is 3.00 e. The molecule has 0 atom stereocenters. The van der Waals surface area contributed by atoms with Gasteiger partial charge in [0, 0.05) is 0 Å². The van der Waals surface area contributed by atoms with E-state index in [1.165, 1.54) is 0 Å². The van der Waals surface area contributed by atoms with Crippen molar-refractivity contribution >= 4 is 12.6 Å². The number of benzene rings is 1. The summed E-state index contributed by atoms with van der Waals surface area (Å²) in [6.07, 6.45) is 0. The van der Waals surface area contributed by atoms with E-state index < -0.39 is 7.12 Å². The minimum Gasteiger partial charge on any atom is -0.425 e. The molecule has 0 saturated heterocycles. The molecule has 0 fully saturated rings. The molecule has 0 unspecified atom stereocenters. The molecule has 0 saturated carbocycles. The Bertz CT molecular complexity index is 178. The summed E-state index contributed by atoms with van der Waals surface area (Å²) in [4.78, 5) is 0. The molecule has 1 rings (SSSR count). The van der Waals surface area contributed by atoms with Gasteiger partial charge >= 0.3 is 39.8 Å². The van der Waals surface area contributed by atoms with E-state index in [0.717, 1.165) is 0 Å². The van der Waals surface area contributed by atoms with Crippen LogP contribution >= 0.6 is 0 Å². The number of hydrogen-bond donors (Lipinski definition) is 2. The van der Waals surface area contributed by atoms with Crippen LogP contribution in [0, 0.1) is 6.07 Å². The van der Waals surface area contributed by atoms with Crippen LogP contribution in [0.1, 0.15) is 0 Å². The first-order valence-electron chi connectivity index (χ1n) is 2.63. The molecule has 0 heterocycles. The van der Waals surface area contributed by atoms with E-state index in [9.17, 15) is 0 Å². The van der Waals surface area contributed by atoms with Crippen molar-refractivity contribution in [3.05, 3.63) is 30.3 Å². The van der Waals surface area contributed by atoms with E-state index in [2.05, 4.69) is 6.07 Å². The Balaban J connectivity index is 0.000000810. The Morgan fingerprint density at radius 1 is 1.20 bits per heavy atom. The third-order valence-corrected chi connectivity index (χ3v) is 1.04. The standard InChI is InChI=1S/C6H6BO2.Y/c8-7(9)6-4-2-1-3-5-6;/h2-5,8-9H;/q-1;+3. The van der Waals surface area contributed by atoms with Crippen LogP contribution < -0.4 is 5.46 Å². The van der Waals surface area contributed by atoms with Gasteiger partial charge in [0.05, 0.1) is 0 Å². The molecular formula is C6H6BO2Y+2. The molecule has 1 aromatic carbocycles. The Labute approximate surface area is 85.3 Å². The van der Waals surface area contributed by atoms with Gasteiger partial charge in [0.25, 0.3) is 0 Å². The predicted molar refractivity (Wildman–Crippen MR) is 35.1 cm³/mol. The molecule has 0 aromatic heterocycles. The summed E-state index contributed by atoms with van der Waals surface area (Å²) in [7, 11) is -1.36. The van der Waals surface area contributed by atoms with Crippen LogP contribution in [0.3, 0.4) is 0 Å². The van der Waals surface area contributed by atoms with E-state index in [1.54, 1.807) is 24.3 Å². The fraction of sp³-hybridized carbons (Fsp3) is 0. The van der Waals surface area contributed by atoms with Gasteiger partial charge in [-0.2, -0.15) is 30.3 Å². The van der Waals surface area contributed by atoms with Crippen molar-refractivity contribution in [2.24, 2.45) is 0 Å². The molecule has 10 heavy (non-hydrogen) atoms. The fourth-order valence-electron chi connectivity index (χ4n) is 0.572. The average molecular weight is 210 g/mol. The summed E-state index contributed by atoms with van der Waals surface area (Å²) < 4.78 is 0. The molecule has 0 radical (unpaired) electrons. The zero-order valence-electron chi connectivity index (χ0n) is 5.36. The van der Waals surface area contributed by atoms with Crippen LogP contribution in [0.25, 0.3) is 0 Å². The predicted octanol–water partition coefficient (Wildman–Crippen LogP) is -0.836. The maximum absolute atomic E-state index is 8.57. The van der Waals surface area contributed by atoms with Crippen molar-refractivity contribution in [3.8, 4) is 0 Å². The first-order valence-corrected chi connectivity index (χ1v) is 2.63. The normalized spacial score (nSPS) is 8.20. The van der Waals surface area contributed by atoms with Crippen molar-refractivity contribution in [2.75, 3.05) is 0 Å². The van der Waals surface area contributed by atoms with Gasteiger partial charge in [0.15, 0.2) is 0 Å². The van der Waals surface area contributed by atoms with Crippen LogP contribution in [0.4, 0.5) is 0 Å². The van der Waals surface area contributed by atoms with Gasteiger partial charge < -0.3 is 10.0 Å². The minimum absolute atomic E-state index is 0. The molecule has 0 aliphatic rings. The third kappa shape index (κ3) is 2.93. The molecule has 2 N–H and O–H groups in total. The van der Waals surface area contributed by atoms with Crippen molar-refractivity contribution in [1.29, 1.82) is 0 Å². The molecule has 4 heteroatoms. The molecular weight excluding hydrogens is 204 g/mol. The van der Waals surface area contributed by atoms with Crippen molar-refractivity contribution < 1.29 is 42.8 Å². The summed E-state index contributed by atoms with van der Waals surface area (Å²) in [6, 6.07) is 9.24. The number of hydrogen-bond acceptors (Lipinski definition) is 2. The summed E-state index contributed by atoms with van der Waals surface area (Å²) in [6.45, 7) is 0. The number of rotatable bonds is 1. The van der Waals surface area contributed by atoms with Crippen LogP contribution in [-0.2, 0) is 32.7 Å². The average Bonchev–Trinajstić information content (AvgIpc) is 1.90. The van der Waals surface area contributed by atoms with Gasteiger partial charge in [-0.05, 0) is 0 Å². The van der Waals surface area contributed by atoms with Crippen LogP contribution in [0.15, 0.2) is 24.3 Å². The first kappa shape index (κ1) is 10.3. The van der Waals surface area contributed by atoms with Gasteiger partial charge in [0.2, 0.25) is 0 Å². The van der Waals surface area contributed by atoms with Gasteiger partial charge in [0.1, 0.15) is 0 Å². The second kappa shape index (κ2) is 5.03. The second-order valence-corrected chi connectivity index (χ2v) is 1.71. The van der Waals surface area contributed by atoms with Gasteiger partial charge in [-0.25, -0.2) is 0 Å². The Morgan fingerprint density at radius 3 is 2.00 bits per heavy atom. The summed E-state index contributed by atoms with van der Waals surface area (Å²) in [5.41, 5.74) is 0.494. The van der Waals surface area contributed by atoms with Crippen LogP contribution in [0.2, 0.25) is 0 Å². The molecule has 1 aromatic rings. The van der Waals surface area contributed by atoms with E-state index >= 15 is 0 Å². The van der Waals surface area contributed by atoms with Crippen LogP contribution in [-0.4, -0.2) is 17.2 Å². The fourth-order valence-corrected chi connectivity index (χ4v) is 0.572. The van der Waals surface area contributed by atoms with Crippen molar-refractivity contribution in [2.45, 2.75) is 0 Å². The molecule has 0 aliphatic carbocycles. The quantitative estimate of drug-likeness (QED) is 0.468. The van der Waals surface area contributed by atoms with E-state index in [-0.39, 0.29) is 32.7 Å². The second-order valence-electron chi connectivity index (χ2n) is 1.71. The Kier molecular flexibility index (Phi) is 5.18. The maximum atomic E-state index is 8.57. The van der Waals surface area contributed by atoms with Gasteiger partial charge in [-0.1, -0.05) is 0 Å². The van der Waals surface area contributed by atoms with E-state index in [1.807, 2.05) is 0 Å². The molecule has 2 nitrogen and oxygen atoms in total. The molecule has 46 valence electrons. The topological polar surface area (TPSA) is 40.5 Å². The molecule has 0 bridgehead atoms.